The fraction of sp³-hybridized carbons (Fsp3) is 0.278. The normalized spacial score (nSPS) is 12.8. The van der Waals surface area contributed by atoms with Crippen molar-refractivity contribution in [1.82, 2.24) is 0 Å². The Labute approximate surface area is 135 Å². The van der Waals surface area contributed by atoms with E-state index in [9.17, 15) is 4.79 Å². The first-order chi connectivity index (χ1) is 11.2. The van der Waals surface area contributed by atoms with Crippen molar-refractivity contribution in [2.45, 2.75) is 12.8 Å². The van der Waals surface area contributed by atoms with Crippen molar-refractivity contribution in [3.05, 3.63) is 47.5 Å². The summed E-state index contributed by atoms with van der Waals surface area (Å²) in [4.78, 5) is 12.5. The third kappa shape index (κ3) is 3.23. The monoisotopic (exact) mass is 313 g/mol. The van der Waals surface area contributed by atoms with Crippen LogP contribution in [0.25, 0.3) is 0 Å². The number of methoxy groups -OCH3 is 2. The van der Waals surface area contributed by atoms with Crippen LogP contribution in [0, 0.1) is 0 Å². The van der Waals surface area contributed by atoms with Gasteiger partial charge in [0.1, 0.15) is 17.2 Å². The summed E-state index contributed by atoms with van der Waals surface area (Å²) in [6.45, 7) is 0.738. The number of amides is 1. The van der Waals surface area contributed by atoms with E-state index < -0.39 is 0 Å². The van der Waals surface area contributed by atoms with Gasteiger partial charge in [0, 0.05) is 11.6 Å². The van der Waals surface area contributed by atoms with Gasteiger partial charge >= 0.3 is 0 Å². The summed E-state index contributed by atoms with van der Waals surface area (Å²) >= 11 is 0. The Balaban J connectivity index is 1.81. The molecule has 1 aliphatic rings. The molecule has 1 amide bonds. The molecule has 2 aromatic carbocycles. The molecule has 1 N–H and O–H groups in total. The number of hydrogen-bond acceptors (Lipinski definition) is 4. The Hall–Kier alpha value is -2.69. The summed E-state index contributed by atoms with van der Waals surface area (Å²) in [5, 5.41) is 2.88. The molecule has 5 heteroatoms. The molecule has 23 heavy (non-hydrogen) atoms. The molecular weight excluding hydrogens is 294 g/mol. The first kappa shape index (κ1) is 15.2. The number of aryl methyl sites for hydroxylation is 1. The molecule has 0 aliphatic carbocycles. The van der Waals surface area contributed by atoms with Crippen LogP contribution in [0.2, 0.25) is 0 Å². The summed E-state index contributed by atoms with van der Waals surface area (Å²) < 4.78 is 16.0. The summed E-state index contributed by atoms with van der Waals surface area (Å²) in [5.74, 6) is 1.92. The third-order valence-electron chi connectivity index (χ3n) is 3.83. The molecule has 120 valence electrons. The van der Waals surface area contributed by atoms with Gasteiger partial charge in [-0.05, 0) is 48.7 Å². The molecule has 0 fully saturated rings. The van der Waals surface area contributed by atoms with E-state index in [-0.39, 0.29) is 5.91 Å². The van der Waals surface area contributed by atoms with Crippen molar-refractivity contribution in [2.24, 2.45) is 0 Å². The fourth-order valence-electron chi connectivity index (χ4n) is 2.60. The topological polar surface area (TPSA) is 56.8 Å². The summed E-state index contributed by atoms with van der Waals surface area (Å²) in [6, 6.07) is 10.8. The predicted molar refractivity (Wildman–Crippen MR) is 87.8 cm³/mol. The molecule has 0 saturated carbocycles. The molecule has 0 spiro atoms. The van der Waals surface area contributed by atoms with Gasteiger partial charge in [-0.15, -0.1) is 0 Å². The van der Waals surface area contributed by atoms with Crippen LogP contribution in [0.4, 0.5) is 5.69 Å². The van der Waals surface area contributed by atoms with Crippen molar-refractivity contribution in [3.8, 4) is 17.2 Å². The largest absolute Gasteiger partial charge is 0.497 e. The molecule has 0 atom stereocenters. The first-order valence-electron chi connectivity index (χ1n) is 7.50. The maximum Gasteiger partial charge on any atom is 0.255 e. The van der Waals surface area contributed by atoms with Gasteiger partial charge in [0.2, 0.25) is 0 Å². The number of anilines is 1. The van der Waals surface area contributed by atoms with E-state index in [1.54, 1.807) is 38.5 Å². The van der Waals surface area contributed by atoms with E-state index in [0.29, 0.717) is 22.7 Å². The molecule has 3 rings (SSSR count). The average Bonchev–Trinajstić information content (AvgIpc) is 2.61. The maximum absolute atomic E-state index is 12.5. The van der Waals surface area contributed by atoms with Crippen molar-refractivity contribution < 1.29 is 19.0 Å². The standard InChI is InChI=1S/C18H19NO4/c1-21-14-6-7-15(17(11-14)22-2)19-18(20)13-5-8-16-12(10-13)4-3-9-23-16/h5-8,10-11H,3-4,9H2,1-2H3,(H,19,20). The molecule has 2 aromatic rings. The second-order valence-electron chi connectivity index (χ2n) is 5.29. The third-order valence-corrected chi connectivity index (χ3v) is 3.83. The second kappa shape index (κ2) is 6.60. The van der Waals surface area contributed by atoms with E-state index in [2.05, 4.69) is 5.32 Å². The van der Waals surface area contributed by atoms with Crippen molar-refractivity contribution in [2.75, 3.05) is 26.1 Å². The number of rotatable bonds is 4. The van der Waals surface area contributed by atoms with Gasteiger partial charge in [0.15, 0.2) is 0 Å². The van der Waals surface area contributed by atoms with Gasteiger partial charge in [-0.1, -0.05) is 0 Å². The number of fused-ring (bicyclic) bond motifs is 1. The zero-order chi connectivity index (χ0) is 16.2. The molecule has 0 unspecified atom stereocenters. The Kier molecular flexibility index (Phi) is 4.37. The number of carbonyl (C=O) groups excluding carboxylic acids is 1. The lowest BCUT2D eigenvalue weighted by molar-refractivity contribution is 0.102. The van der Waals surface area contributed by atoms with Crippen LogP contribution in [0.3, 0.4) is 0 Å². The molecule has 0 radical (unpaired) electrons. The van der Waals surface area contributed by atoms with Gasteiger partial charge < -0.3 is 19.5 Å². The van der Waals surface area contributed by atoms with Crippen LogP contribution >= 0.6 is 0 Å². The second-order valence-corrected chi connectivity index (χ2v) is 5.29. The van der Waals surface area contributed by atoms with Gasteiger partial charge in [-0.25, -0.2) is 0 Å². The highest BCUT2D eigenvalue weighted by atomic mass is 16.5. The highest BCUT2D eigenvalue weighted by Gasteiger charge is 2.15. The molecule has 1 aliphatic heterocycles. The Bertz CT molecular complexity index is 727. The first-order valence-corrected chi connectivity index (χ1v) is 7.50. The zero-order valence-electron chi connectivity index (χ0n) is 13.2. The van der Waals surface area contributed by atoms with Crippen molar-refractivity contribution >= 4 is 11.6 Å². The number of carbonyl (C=O) groups is 1. The number of ether oxygens (including phenoxy) is 3. The Morgan fingerprint density at radius 3 is 2.78 bits per heavy atom. The SMILES string of the molecule is COc1ccc(NC(=O)c2ccc3c(c2)CCCO3)c(OC)c1. The van der Waals surface area contributed by atoms with Gasteiger partial charge in [0.05, 0.1) is 26.5 Å². The molecule has 5 nitrogen and oxygen atoms in total. The summed E-state index contributed by atoms with van der Waals surface area (Å²) in [7, 11) is 3.14. The van der Waals surface area contributed by atoms with Crippen LogP contribution in [0.1, 0.15) is 22.3 Å². The molecule has 0 saturated heterocycles. The van der Waals surface area contributed by atoms with E-state index >= 15 is 0 Å². The predicted octanol–water partition coefficient (Wildman–Crippen LogP) is 3.28. The molecule has 0 bridgehead atoms. The van der Waals surface area contributed by atoms with Crippen LogP contribution in [0.5, 0.6) is 17.2 Å². The maximum atomic E-state index is 12.5. The number of hydrogen-bond donors (Lipinski definition) is 1. The summed E-state index contributed by atoms with van der Waals surface area (Å²) in [5.41, 5.74) is 2.28. The smallest absolute Gasteiger partial charge is 0.255 e. The van der Waals surface area contributed by atoms with Crippen LogP contribution < -0.4 is 19.5 Å². The van der Waals surface area contributed by atoms with Crippen LogP contribution in [-0.4, -0.2) is 26.7 Å². The highest BCUT2D eigenvalue weighted by Crippen LogP contribution is 2.30. The van der Waals surface area contributed by atoms with E-state index in [1.807, 2.05) is 12.1 Å². The molecular formula is C18H19NO4. The lowest BCUT2D eigenvalue weighted by Gasteiger charge is -2.18. The van der Waals surface area contributed by atoms with E-state index in [1.165, 1.54) is 0 Å². The van der Waals surface area contributed by atoms with Crippen LogP contribution in [-0.2, 0) is 6.42 Å². The fourth-order valence-corrected chi connectivity index (χ4v) is 2.60. The number of nitrogens with one attached hydrogen (secondary N) is 1. The Morgan fingerprint density at radius 2 is 2.00 bits per heavy atom. The minimum Gasteiger partial charge on any atom is -0.497 e. The Morgan fingerprint density at radius 1 is 1.13 bits per heavy atom. The minimum atomic E-state index is -0.179. The van der Waals surface area contributed by atoms with Crippen molar-refractivity contribution in [1.29, 1.82) is 0 Å². The lowest BCUT2D eigenvalue weighted by atomic mass is 10.0. The molecule has 0 aromatic heterocycles. The van der Waals surface area contributed by atoms with E-state index in [4.69, 9.17) is 14.2 Å². The van der Waals surface area contributed by atoms with E-state index in [0.717, 1.165) is 30.8 Å². The zero-order valence-corrected chi connectivity index (χ0v) is 13.2. The molecule has 1 heterocycles. The van der Waals surface area contributed by atoms with Crippen LogP contribution in [0.15, 0.2) is 36.4 Å². The quantitative estimate of drug-likeness (QED) is 0.941. The highest BCUT2D eigenvalue weighted by molar-refractivity contribution is 6.05. The summed E-state index contributed by atoms with van der Waals surface area (Å²) in [6.07, 6.45) is 1.91. The average molecular weight is 313 g/mol. The van der Waals surface area contributed by atoms with Gasteiger partial charge in [0.25, 0.3) is 5.91 Å². The van der Waals surface area contributed by atoms with Gasteiger partial charge in [-0.2, -0.15) is 0 Å². The number of benzene rings is 2. The lowest BCUT2D eigenvalue weighted by Crippen LogP contribution is -2.15. The van der Waals surface area contributed by atoms with Gasteiger partial charge in [-0.3, -0.25) is 4.79 Å². The minimum absolute atomic E-state index is 0.179. The van der Waals surface area contributed by atoms with Crippen molar-refractivity contribution in [3.63, 3.8) is 0 Å².